The highest BCUT2D eigenvalue weighted by molar-refractivity contribution is 6.06. The number of carbonyl (C=O) groups excluding carboxylic acids is 2. The van der Waals surface area contributed by atoms with E-state index < -0.39 is 17.6 Å². The van der Waals surface area contributed by atoms with E-state index in [1.807, 2.05) is 42.1 Å². The molecule has 3 heterocycles. The van der Waals surface area contributed by atoms with Crippen molar-refractivity contribution >= 4 is 22.7 Å². The highest BCUT2D eigenvalue weighted by atomic mass is 19.4. The maximum atomic E-state index is 13.1. The standard InChI is InChI=1S/C24H29F3N4O2/c1-30-13-19(18-4-2-3-5-20(18)30)22(33)28-12-15-10-16-6-7-17(11-15)31(16)14-21(32)29-23(8-9-23)24(25,26)27/h2-5,13,15-17H,6-12,14H2,1H3,(H,28,33)(H,29,32)/t15-,16-,17+. The van der Waals surface area contributed by atoms with E-state index in [0.29, 0.717) is 18.0 Å². The molecule has 5 rings (SSSR count). The van der Waals surface area contributed by atoms with Gasteiger partial charge in [0, 0.05) is 42.8 Å². The Morgan fingerprint density at radius 1 is 1.12 bits per heavy atom. The Kier molecular flexibility index (Phi) is 5.42. The zero-order chi connectivity index (χ0) is 23.4. The monoisotopic (exact) mass is 462 g/mol. The van der Waals surface area contributed by atoms with Crippen LogP contribution in [0.4, 0.5) is 13.2 Å². The van der Waals surface area contributed by atoms with Crippen molar-refractivity contribution in [2.24, 2.45) is 13.0 Å². The van der Waals surface area contributed by atoms with Gasteiger partial charge in [-0.2, -0.15) is 13.2 Å². The molecule has 3 aliphatic rings. The highest BCUT2D eigenvalue weighted by Gasteiger charge is 2.64. The van der Waals surface area contributed by atoms with Crippen LogP contribution in [0.25, 0.3) is 10.9 Å². The minimum absolute atomic E-state index is 0.0161. The number of nitrogens with zero attached hydrogens (tertiary/aromatic N) is 2. The lowest BCUT2D eigenvalue weighted by Crippen LogP contribution is -2.54. The lowest BCUT2D eigenvalue weighted by atomic mass is 9.90. The van der Waals surface area contributed by atoms with E-state index in [1.54, 1.807) is 0 Å². The number of piperidine rings is 1. The third-order valence-electron chi connectivity index (χ3n) is 7.67. The molecule has 2 aliphatic heterocycles. The molecule has 0 radical (unpaired) electrons. The van der Waals surface area contributed by atoms with Crippen molar-refractivity contribution in [2.45, 2.75) is 62.3 Å². The summed E-state index contributed by atoms with van der Waals surface area (Å²) in [5.74, 6) is -0.335. The summed E-state index contributed by atoms with van der Waals surface area (Å²) in [4.78, 5) is 27.3. The van der Waals surface area contributed by atoms with Gasteiger partial charge in [-0.15, -0.1) is 0 Å². The molecular weight excluding hydrogens is 433 g/mol. The number of benzene rings is 1. The number of aromatic nitrogens is 1. The Balaban J connectivity index is 1.15. The molecule has 3 fully saturated rings. The van der Waals surface area contributed by atoms with Gasteiger partial charge in [-0.05, 0) is 50.5 Å². The molecule has 0 spiro atoms. The van der Waals surface area contributed by atoms with E-state index >= 15 is 0 Å². The van der Waals surface area contributed by atoms with Gasteiger partial charge < -0.3 is 15.2 Å². The van der Waals surface area contributed by atoms with E-state index in [2.05, 4.69) is 15.5 Å². The van der Waals surface area contributed by atoms with Gasteiger partial charge in [0.2, 0.25) is 5.91 Å². The number of amides is 2. The predicted octanol–water partition coefficient (Wildman–Crippen LogP) is 3.36. The molecular formula is C24H29F3N4O2. The number of nitrogens with one attached hydrogen (secondary N) is 2. The minimum atomic E-state index is -4.39. The zero-order valence-corrected chi connectivity index (χ0v) is 18.6. The van der Waals surface area contributed by atoms with Crippen LogP contribution in [0.15, 0.2) is 30.5 Å². The van der Waals surface area contributed by atoms with Crippen molar-refractivity contribution < 1.29 is 22.8 Å². The number of para-hydroxylation sites is 1. The normalized spacial score (nSPS) is 26.4. The summed E-state index contributed by atoms with van der Waals surface area (Å²) in [5, 5.41) is 6.25. The van der Waals surface area contributed by atoms with Crippen LogP contribution < -0.4 is 10.6 Å². The van der Waals surface area contributed by atoms with Gasteiger partial charge >= 0.3 is 6.18 Å². The van der Waals surface area contributed by atoms with Crippen LogP contribution in [0, 0.1) is 5.92 Å². The van der Waals surface area contributed by atoms with Gasteiger partial charge in [0.1, 0.15) is 5.54 Å². The fourth-order valence-electron chi connectivity index (χ4n) is 5.74. The van der Waals surface area contributed by atoms with Crippen molar-refractivity contribution in [2.75, 3.05) is 13.1 Å². The summed E-state index contributed by atoms with van der Waals surface area (Å²) < 4.78 is 41.4. The quantitative estimate of drug-likeness (QED) is 0.692. The molecule has 9 heteroatoms. The molecule has 178 valence electrons. The third-order valence-corrected chi connectivity index (χ3v) is 7.67. The highest BCUT2D eigenvalue weighted by Crippen LogP contribution is 2.49. The van der Waals surface area contributed by atoms with Crippen LogP contribution in [-0.2, 0) is 11.8 Å². The molecule has 1 saturated carbocycles. The second-order valence-electron chi connectivity index (χ2n) is 9.90. The molecule has 2 saturated heterocycles. The van der Waals surface area contributed by atoms with Crippen LogP contribution in [0.3, 0.4) is 0 Å². The molecule has 1 aromatic carbocycles. The molecule has 0 unspecified atom stereocenters. The summed E-state index contributed by atoms with van der Waals surface area (Å²) in [6.07, 6.45) is 0.941. The fraction of sp³-hybridized carbons (Fsp3) is 0.583. The number of hydrogen-bond acceptors (Lipinski definition) is 3. The topological polar surface area (TPSA) is 66.4 Å². The number of alkyl halides is 3. The van der Waals surface area contributed by atoms with Gasteiger partial charge in [-0.3, -0.25) is 14.5 Å². The lowest BCUT2D eigenvalue weighted by Gasteiger charge is -2.38. The van der Waals surface area contributed by atoms with E-state index in [4.69, 9.17) is 0 Å². The number of halogens is 3. The van der Waals surface area contributed by atoms with Gasteiger partial charge in [0.05, 0.1) is 12.1 Å². The predicted molar refractivity (Wildman–Crippen MR) is 118 cm³/mol. The molecule has 2 aromatic rings. The SMILES string of the molecule is Cn1cc(C(=O)NC[C@@H]2C[C@H]3CC[C@@H](C2)N3CC(=O)NC2(C(F)(F)F)CC2)c2ccccc21. The van der Waals surface area contributed by atoms with Gasteiger partial charge in [0.15, 0.2) is 0 Å². The van der Waals surface area contributed by atoms with Crippen LogP contribution >= 0.6 is 0 Å². The van der Waals surface area contributed by atoms with Gasteiger partial charge in [-0.1, -0.05) is 18.2 Å². The van der Waals surface area contributed by atoms with Gasteiger partial charge in [-0.25, -0.2) is 0 Å². The van der Waals surface area contributed by atoms with Crippen molar-refractivity contribution in [1.82, 2.24) is 20.1 Å². The Morgan fingerprint density at radius 3 is 2.42 bits per heavy atom. The van der Waals surface area contributed by atoms with Gasteiger partial charge in [0.25, 0.3) is 5.91 Å². The smallest absolute Gasteiger partial charge is 0.352 e. The second kappa shape index (κ2) is 8.04. The summed E-state index contributed by atoms with van der Waals surface area (Å²) in [6.45, 7) is 0.578. The molecule has 1 aromatic heterocycles. The second-order valence-corrected chi connectivity index (χ2v) is 9.90. The molecule has 1 aliphatic carbocycles. The summed E-state index contributed by atoms with van der Waals surface area (Å²) in [6, 6.07) is 8.14. The largest absolute Gasteiger partial charge is 0.411 e. The third kappa shape index (κ3) is 4.11. The van der Waals surface area contributed by atoms with Crippen LogP contribution in [0.2, 0.25) is 0 Å². The first kappa shape index (κ1) is 22.3. The van der Waals surface area contributed by atoms with E-state index in [9.17, 15) is 22.8 Å². The Hall–Kier alpha value is -2.55. The van der Waals surface area contributed by atoms with Crippen molar-refractivity contribution in [3.05, 3.63) is 36.0 Å². The maximum absolute atomic E-state index is 13.1. The fourth-order valence-corrected chi connectivity index (χ4v) is 5.74. The van der Waals surface area contributed by atoms with Crippen LogP contribution in [-0.4, -0.2) is 58.2 Å². The first-order valence-electron chi connectivity index (χ1n) is 11.6. The first-order valence-corrected chi connectivity index (χ1v) is 11.6. The number of hydrogen-bond donors (Lipinski definition) is 2. The maximum Gasteiger partial charge on any atom is 0.411 e. The van der Waals surface area contributed by atoms with Crippen molar-refractivity contribution in [1.29, 1.82) is 0 Å². The van der Waals surface area contributed by atoms with E-state index in [-0.39, 0.29) is 37.4 Å². The Labute approximate surface area is 190 Å². The summed E-state index contributed by atoms with van der Waals surface area (Å²) in [7, 11) is 1.92. The van der Waals surface area contributed by atoms with E-state index in [1.165, 1.54) is 0 Å². The summed E-state index contributed by atoms with van der Waals surface area (Å²) >= 11 is 0. The molecule has 2 bridgehead atoms. The lowest BCUT2D eigenvalue weighted by molar-refractivity contribution is -0.170. The minimum Gasteiger partial charge on any atom is -0.352 e. The number of rotatable bonds is 6. The molecule has 2 amide bonds. The van der Waals surface area contributed by atoms with E-state index in [0.717, 1.165) is 36.6 Å². The molecule has 6 nitrogen and oxygen atoms in total. The number of aryl methyl sites for hydroxylation is 1. The molecule has 33 heavy (non-hydrogen) atoms. The van der Waals surface area contributed by atoms with Crippen LogP contribution in [0.1, 0.15) is 48.9 Å². The molecule has 2 N–H and O–H groups in total. The van der Waals surface area contributed by atoms with Crippen LogP contribution in [0.5, 0.6) is 0 Å². The first-order chi connectivity index (χ1) is 15.7. The zero-order valence-electron chi connectivity index (χ0n) is 18.6. The Bertz CT molecular complexity index is 1060. The number of fused-ring (bicyclic) bond motifs is 3. The van der Waals surface area contributed by atoms with Crippen molar-refractivity contribution in [3.8, 4) is 0 Å². The van der Waals surface area contributed by atoms with Crippen molar-refractivity contribution in [3.63, 3.8) is 0 Å². The molecule has 3 atom stereocenters. The average molecular weight is 463 g/mol. The Morgan fingerprint density at radius 2 is 1.79 bits per heavy atom. The summed E-state index contributed by atoms with van der Waals surface area (Å²) in [5.41, 5.74) is -0.345. The number of carbonyl (C=O) groups is 2. The average Bonchev–Trinajstić information content (AvgIpc) is 3.43.